The summed E-state index contributed by atoms with van der Waals surface area (Å²) >= 11 is 0.938. The van der Waals surface area contributed by atoms with E-state index in [2.05, 4.69) is 4.98 Å². The number of aliphatic hydroxyl groups is 1. The second kappa shape index (κ2) is 11.8. The first-order valence-electron chi connectivity index (χ1n) is 12.6. The van der Waals surface area contributed by atoms with Crippen molar-refractivity contribution in [2.45, 2.75) is 33.7 Å². The molecule has 2 aromatic carbocycles. The molecule has 1 aliphatic rings. The number of hydrogen-bond donors (Lipinski definition) is 1. The first-order valence-corrected chi connectivity index (χ1v) is 13.4. The predicted molar refractivity (Wildman–Crippen MR) is 149 cm³/mol. The average Bonchev–Trinajstić information content (AvgIpc) is 3.45. The van der Waals surface area contributed by atoms with Crippen molar-refractivity contribution in [2.75, 3.05) is 32.3 Å². The van der Waals surface area contributed by atoms with Gasteiger partial charge in [0.1, 0.15) is 16.4 Å². The van der Waals surface area contributed by atoms with Crippen molar-refractivity contribution >= 4 is 39.9 Å². The highest BCUT2D eigenvalue weighted by molar-refractivity contribution is 7.17. The van der Waals surface area contributed by atoms with Gasteiger partial charge < -0.3 is 24.1 Å². The van der Waals surface area contributed by atoms with Crippen LogP contribution in [0.25, 0.3) is 5.76 Å². The van der Waals surface area contributed by atoms with Crippen molar-refractivity contribution < 1.29 is 38.4 Å². The first-order chi connectivity index (χ1) is 19.2. The summed E-state index contributed by atoms with van der Waals surface area (Å²) < 4.78 is 21.6. The molecule has 1 aliphatic heterocycles. The molecule has 1 fully saturated rings. The van der Waals surface area contributed by atoms with Gasteiger partial charge in [-0.05, 0) is 69.2 Å². The van der Waals surface area contributed by atoms with Gasteiger partial charge >= 0.3 is 11.9 Å². The van der Waals surface area contributed by atoms with E-state index in [1.165, 1.54) is 19.1 Å². The molecule has 210 valence electrons. The summed E-state index contributed by atoms with van der Waals surface area (Å²) in [5.74, 6) is -1.27. The fraction of sp³-hybridized carbons (Fsp3) is 0.310. The smallest absolute Gasteiger partial charge is 0.350 e. The summed E-state index contributed by atoms with van der Waals surface area (Å²) in [6.07, 6.45) is 0. The summed E-state index contributed by atoms with van der Waals surface area (Å²) in [6.45, 7) is 7.49. The van der Waals surface area contributed by atoms with E-state index in [9.17, 15) is 19.5 Å². The number of amides is 1. The largest absolute Gasteiger partial charge is 0.507 e. The molecular weight excluding hydrogens is 536 g/mol. The van der Waals surface area contributed by atoms with Crippen LogP contribution < -0.4 is 19.1 Å². The number of rotatable bonds is 9. The van der Waals surface area contributed by atoms with E-state index in [-0.39, 0.29) is 27.9 Å². The van der Waals surface area contributed by atoms with Crippen LogP contribution in [0.4, 0.5) is 5.13 Å². The van der Waals surface area contributed by atoms with E-state index in [0.717, 1.165) is 11.3 Å². The molecule has 3 aromatic rings. The van der Waals surface area contributed by atoms with Crippen LogP contribution in [0.2, 0.25) is 0 Å². The molecule has 1 saturated heterocycles. The number of hydrogen-bond acceptors (Lipinski definition) is 10. The zero-order valence-electron chi connectivity index (χ0n) is 23.1. The number of aryl methyl sites for hydroxylation is 2. The number of aromatic nitrogens is 1. The van der Waals surface area contributed by atoms with Crippen LogP contribution in [0.3, 0.4) is 0 Å². The Hall–Kier alpha value is -4.38. The predicted octanol–water partition coefficient (Wildman–Crippen LogP) is 4.98. The first kappa shape index (κ1) is 28.6. The van der Waals surface area contributed by atoms with Crippen LogP contribution >= 0.6 is 11.3 Å². The van der Waals surface area contributed by atoms with E-state index in [4.69, 9.17) is 18.9 Å². The van der Waals surface area contributed by atoms with Crippen LogP contribution in [0.1, 0.15) is 51.9 Å². The number of aliphatic hydroxyl groups excluding tert-OH is 1. The van der Waals surface area contributed by atoms with E-state index < -0.39 is 23.7 Å². The van der Waals surface area contributed by atoms with Gasteiger partial charge in [-0.25, -0.2) is 9.78 Å². The fourth-order valence-electron chi connectivity index (χ4n) is 4.52. The van der Waals surface area contributed by atoms with Gasteiger partial charge in [0.2, 0.25) is 0 Å². The molecule has 0 saturated carbocycles. The second-order valence-corrected chi connectivity index (χ2v) is 9.80. The quantitative estimate of drug-likeness (QED) is 0.165. The van der Waals surface area contributed by atoms with Crippen molar-refractivity contribution in [3.63, 3.8) is 0 Å². The molecule has 11 heteroatoms. The number of nitrogens with zero attached hydrogens (tertiary/aromatic N) is 2. The van der Waals surface area contributed by atoms with Gasteiger partial charge in [0.15, 0.2) is 16.6 Å². The van der Waals surface area contributed by atoms with Crippen molar-refractivity contribution in [3.05, 3.63) is 69.2 Å². The van der Waals surface area contributed by atoms with Crippen LogP contribution in [-0.4, -0.2) is 55.2 Å². The minimum atomic E-state index is -1.08. The van der Waals surface area contributed by atoms with E-state index in [0.29, 0.717) is 46.2 Å². The lowest BCUT2D eigenvalue weighted by molar-refractivity contribution is -0.132. The maximum atomic E-state index is 13.6. The summed E-state index contributed by atoms with van der Waals surface area (Å²) in [4.78, 5) is 45.5. The third-order valence-electron chi connectivity index (χ3n) is 6.39. The monoisotopic (exact) mass is 566 g/mol. The normalized spacial score (nSPS) is 16.2. The molecule has 4 rings (SSSR count). The molecule has 1 N–H and O–H groups in total. The molecule has 0 bridgehead atoms. The number of carbonyl (C=O) groups is 3. The Balaban J connectivity index is 1.96. The maximum Gasteiger partial charge on any atom is 0.350 e. The molecule has 40 heavy (non-hydrogen) atoms. The number of Topliss-reactive ketones (excluding diaryl/α,β-unsaturated/α-hetero) is 1. The maximum absolute atomic E-state index is 13.6. The highest BCUT2D eigenvalue weighted by Gasteiger charge is 2.48. The minimum absolute atomic E-state index is 0.117. The number of methoxy groups -OCH3 is 2. The minimum Gasteiger partial charge on any atom is -0.507 e. The second-order valence-electron chi connectivity index (χ2n) is 8.82. The Morgan fingerprint density at radius 2 is 1.77 bits per heavy atom. The highest BCUT2D eigenvalue weighted by atomic mass is 32.1. The number of benzene rings is 2. The van der Waals surface area contributed by atoms with E-state index in [1.807, 2.05) is 6.92 Å². The highest BCUT2D eigenvalue weighted by Crippen LogP contribution is 2.46. The molecular formula is C29H30N2O8S. The van der Waals surface area contributed by atoms with E-state index >= 15 is 0 Å². The zero-order valence-corrected chi connectivity index (χ0v) is 23.9. The standard InChI is InChI=1S/C29H30N2O8S/c1-7-38-20-12-9-17(14-21(20)37-6)23-22(24(32)19-11-10-18(36-5)13-15(19)3)25(33)27(34)31(23)29-30-16(4)26(40-29)28(35)39-8-2/h9-14,23,32H,7-8H2,1-6H3/b24-22+/t23-/m1/s1. The van der Waals surface area contributed by atoms with Crippen molar-refractivity contribution in [3.8, 4) is 17.2 Å². The van der Waals surface area contributed by atoms with Gasteiger partial charge in [0.05, 0.1) is 44.7 Å². The number of ether oxygens (including phenoxy) is 4. The third kappa shape index (κ3) is 5.12. The molecule has 2 heterocycles. The molecule has 0 aliphatic carbocycles. The summed E-state index contributed by atoms with van der Waals surface area (Å²) in [6, 6.07) is 8.94. The van der Waals surface area contributed by atoms with Gasteiger partial charge in [-0.2, -0.15) is 0 Å². The number of esters is 1. The summed E-state index contributed by atoms with van der Waals surface area (Å²) in [5, 5.41) is 11.6. The molecule has 0 spiro atoms. The number of ketones is 1. The summed E-state index contributed by atoms with van der Waals surface area (Å²) in [7, 11) is 3.01. The van der Waals surface area contributed by atoms with Crippen LogP contribution in [0, 0.1) is 13.8 Å². The molecule has 1 amide bonds. The SMILES string of the molecule is CCOC(=O)c1sc(N2C(=O)C(=O)/C(=C(/O)c3ccc(OC)cc3C)[C@H]2c2ccc(OCC)c(OC)c2)nc1C. The fourth-order valence-corrected chi connectivity index (χ4v) is 5.51. The van der Waals surface area contributed by atoms with Crippen molar-refractivity contribution in [2.24, 2.45) is 0 Å². The van der Waals surface area contributed by atoms with Gasteiger partial charge in [0, 0.05) is 5.56 Å². The van der Waals surface area contributed by atoms with Crippen molar-refractivity contribution in [1.82, 2.24) is 4.98 Å². The Bertz CT molecular complexity index is 1510. The molecule has 0 radical (unpaired) electrons. The summed E-state index contributed by atoms with van der Waals surface area (Å²) in [5.41, 5.74) is 1.70. The van der Waals surface area contributed by atoms with Gasteiger partial charge in [-0.15, -0.1) is 0 Å². The lowest BCUT2D eigenvalue weighted by Gasteiger charge is -2.24. The average molecular weight is 567 g/mol. The van der Waals surface area contributed by atoms with Crippen LogP contribution in [0.5, 0.6) is 17.2 Å². The van der Waals surface area contributed by atoms with E-state index in [1.54, 1.807) is 57.2 Å². The van der Waals surface area contributed by atoms with Gasteiger partial charge in [-0.1, -0.05) is 17.4 Å². The number of carbonyl (C=O) groups excluding carboxylic acids is 3. The lowest BCUT2D eigenvalue weighted by atomic mass is 9.93. The molecule has 1 atom stereocenters. The number of anilines is 1. The topological polar surface area (TPSA) is 124 Å². The van der Waals surface area contributed by atoms with Crippen LogP contribution in [-0.2, 0) is 14.3 Å². The van der Waals surface area contributed by atoms with Gasteiger partial charge in [0.25, 0.3) is 5.78 Å². The lowest BCUT2D eigenvalue weighted by Crippen LogP contribution is -2.29. The third-order valence-corrected chi connectivity index (χ3v) is 7.53. The Morgan fingerprint density at radius 3 is 2.40 bits per heavy atom. The molecule has 0 unspecified atom stereocenters. The van der Waals surface area contributed by atoms with Gasteiger partial charge in [-0.3, -0.25) is 14.5 Å². The molecule has 1 aromatic heterocycles. The van der Waals surface area contributed by atoms with Crippen LogP contribution in [0.15, 0.2) is 42.0 Å². The Labute approximate surface area is 235 Å². The Morgan fingerprint density at radius 1 is 1.02 bits per heavy atom. The number of thiazole rings is 1. The molecule has 10 nitrogen and oxygen atoms in total. The zero-order chi connectivity index (χ0) is 29.1. The Kier molecular flexibility index (Phi) is 8.43. The van der Waals surface area contributed by atoms with Crippen molar-refractivity contribution in [1.29, 1.82) is 0 Å².